The Bertz CT molecular complexity index is 397. The minimum absolute atomic E-state index is 0.238. The number of nitriles is 1. The molecule has 0 bridgehead atoms. The number of carbonyl (C=O) groups is 1. The maximum atomic E-state index is 11.6. The normalized spacial score (nSPS) is 9.31. The molecule has 1 N–H and O–H groups in total. The SMILES string of the molecule is CN(CCC#N)C(=O)Nc1ccc(Cl)cc1. The Hall–Kier alpha value is -1.73. The number of halogens is 1. The molecule has 0 fully saturated rings. The van der Waals surface area contributed by atoms with Crippen molar-refractivity contribution in [1.82, 2.24) is 4.90 Å². The Labute approximate surface area is 99.4 Å². The lowest BCUT2D eigenvalue weighted by molar-refractivity contribution is 0.223. The van der Waals surface area contributed by atoms with E-state index in [1.165, 1.54) is 4.90 Å². The number of rotatable bonds is 3. The summed E-state index contributed by atoms with van der Waals surface area (Å²) in [5.41, 5.74) is 0.679. The van der Waals surface area contributed by atoms with E-state index in [1.807, 2.05) is 6.07 Å². The second-order valence-corrected chi connectivity index (χ2v) is 3.70. The molecule has 5 heteroatoms. The van der Waals surface area contributed by atoms with Crippen molar-refractivity contribution in [3.63, 3.8) is 0 Å². The van der Waals surface area contributed by atoms with Crippen LogP contribution >= 0.6 is 11.6 Å². The molecule has 1 aromatic carbocycles. The fourth-order valence-corrected chi connectivity index (χ4v) is 1.20. The average Bonchev–Trinajstić information content (AvgIpc) is 2.29. The predicted molar refractivity (Wildman–Crippen MR) is 63.3 cm³/mol. The summed E-state index contributed by atoms with van der Waals surface area (Å²) in [6, 6.07) is 8.59. The zero-order chi connectivity index (χ0) is 12.0. The first kappa shape index (κ1) is 12.3. The number of nitrogens with one attached hydrogen (secondary N) is 1. The van der Waals surface area contributed by atoms with E-state index in [1.54, 1.807) is 31.3 Å². The molecule has 0 radical (unpaired) electrons. The van der Waals surface area contributed by atoms with Crippen LogP contribution in [0.5, 0.6) is 0 Å². The summed E-state index contributed by atoms with van der Waals surface area (Å²) in [6.07, 6.45) is 0.324. The number of amides is 2. The largest absolute Gasteiger partial charge is 0.327 e. The Balaban J connectivity index is 2.51. The number of benzene rings is 1. The van der Waals surface area contributed by atoms with E-state index in [0.717, 1.165) is 0 Å². The Morgan fingerprint density at radius 2 is 2.12 bits per heavy atom. The Morgan fingerprint density at radius 3 is 2.69 bits per heavy atom. The third kappa shape index (κ3) is 3.79. The van der Waals surface area contributed by atoms with E-state index in [0.29, 0.717) is 23.7 Å². The topological polar surface area (TPSA) is 56.1 Å². The summed E-state index contributed by atoms with van der Waals surface area (Å²) >= 11 is 5.72. The number of nitrogens with zero attached hydrogens (tertiary/aromatic N) is 2. The molecule has 0 atom stereocenters. The lowest BCUT2D eigenvalue weighted by Gasteiger charge is -2.16. The number of hydrogen-bond acceptors (Lipinski definition) is 2. The first-order valence-corrected chi connectivity index (χ1v) is 5.16. The zero-order valence-corrected chi connectivity index (χ0v) is 9.66. The first-order valence-electron chi connectivity index (χ1n) is 4.78. The Kier molecular flexibility index (Phi) is 4.62. The molecule has 0 aliphatic rings. The van der Waals surface area contributed by atoms with Crippen LogP contribution in [-0.4, -0.2) is 24.5 Å². The average molecular weight is 238 g/mol. The zero-order valence-electron chi connectivity index (χ0n) is 8.90. The maximum Gasteiger partial charge on any atom is 0.321 e. The molecule has 4 nitrogen and oxygen atoms in total. The van der Waals surface area contributed by atoms with E-state index in [9.17, 15) is 4.79 Å². The van der Waals surface area contributed by atoms with Gasteiger partial charge in [-0.2, -0.15) is 5.26 Å². The summed E-state index contributed by atoms with van der Waals surface area (Å²) < 4.78 is 0. The molecule has 0 saturated carbocycles. The van der Waals surface area contributed by atoms with Gasteiger partial charge in [0.25, 0.3) is 0 Å². The highest BCUT2D eigenvalue weighted by atomic mass is 35.5. The molecule has 1 rings (SSSR count). The number of carbonyl (C=O) groups excluding carboxylic acids is 1. The van der Waals surface area contributed by atoms with Crippen LogP contribution in [0, 0.1) is 11.3 Å². The first-order chi connectivity index (χ1) is 7.63. The summed E-state index contributed by atoms with van der Waals surface area (Å²) in [5, 5.41) is 11.7. The fourth-order valence-electron chi connectivity index (χ4n) is 1.07. The van der Waals surface area contributed by atoms with Crippen molar-refractivity contribution >= 4 is 23.3 Å². The molecule has 84 valence electrons. The molecule has 0 aromatic heterocycles. The smallest absolute Gasteiger partial charge is 0.321 e. The van der Waals surface area contributed by atoms with Gasteiger partial charge in [0.05, 0.1) is 12.5 Å². The van der Waals surface area contributed by atoms with Gasteiger partial charge in [-0.05, 0) is 24.3 Å². The van der Waals surface area contributed by atoms with Crippen LogP contribution in [0.1, 0.15) is 6.42 Å². The third-order valence-electron chi connectivity index (χ3n) is 2.00. The minimum Gasteiger partial charge on any atom is -0.327 e. The molecule has 0 unspecified atom stereocenters. The molecular weight excluding hydrogens is 226 g/mol. The Morgan fingerprint density at radius 1 is 1.50 bits per heavy atom. The molecule has 2 amide bonds. The van der Waals surface area contributed by atoms with E-state index < -0.39 is 0 Å². The van der Waals surface area contributed by atoms with Gasteiger partial charge in [0.2, 0.25) is 0 Å². The van der Waals surface area contributed by atoms with Crippen LogP contribution in [-0.2, 0) is 0 Å². The lowest BCUT2D eigenvalue weighted by Crippen LogP contribution is -2.31. The van der Waals surface area contributed by atoms with E-state index >= 15 is 0 Å². The number of anilines is 1. The van der Waals surface area contributed by atoms with E-state index in [4.69, 9.17) is 16.9 Å². The summed E-state index contributed by atoms with van der Waals surface area (Å²) in [7, 11) is 1.64. The number of hydrogen-bond donors (Lipinski definition) is 1. The van der Waals surface area contributed by atoms with Gasteiger partial charge in [0.1, 0.15) is 0 Å². The van der Waals surface area contributed by atoms with Crippen molar-refractivity contribution < 1.29 is 4.79 Å². The predicted octanol–water partition coefficient (Wildman–Crippen LogP) is 2.72. The van der Waals surface area contributed by atoms with Gasteiger partial charge in [-0.25, -0.2) is 4.79 Å². The van der Waals surface area contributed by atoms with Crippen LogP contribution in [0.15, 0.2) is 24.3 Å². The van der Waals surface area contributed by atoms with Crippen molar-refractivity contribution in [3.8, 4) is 6.07 Å². The van der Waals surface area contributed by atoms with Gasteiger partial charge in [-0.1, -0.05) is 11.6 Å². The second-order valence-electron chi connectivity index (χ2n) is 3.27. The summed E-state index contributed by atoms with van der Waals surface area (Å²) in [6.45, 7) is 0.413. The minimum atomic E-state index is -0.238. The molecule has 16 heavy (non-hydrogen) atoms. The van der Waals surface area contributed by atoms with Gasteiger partial charge >= 0.3 is 6.03 Å². The van der Waals surface area contributed by atoms with Crippen LogP contribution in [0.3, 0.4) is 0 Å². The maximum absolute atomic E-state index is 11.6. The van der Waals surface area contributed by atoms with Crippen molar-refractivity contribution in [2.75, 3.05) is 18.9 Å². The van der Waals surface area contributed by atoms with E-state index in [2.05, 4.69) is 5.32 Å². The standard InChI is InChI=1S/C11H12ClN3O/c1-15(8-2-7-13)11(16)14-10-5-3-9(12)4-6-10/h3-6H,2,8H2,1H3,(H,14,16). The highest BCUT2D eigenvalue weighted by Crippen LogP contribution is 2.13. The molecule has 0 aliphatic heterocycles. The quantitative estimate of drug-likeness (QED) is 0.879. The molecule has 0 aliphatic carbocycles. The van der Waals surface area contributed by atoms with Crippen molar-refractivity contribution in [2.24, 2.45) is 0 Å². The molecule has 1 aromatic rings. The highest BCUT2D eigenvalue weighted by molar-refractivity contribution is 6.30. The third-order valence-corrected chi connectivity index (χ3v) is 2.25. The lowest BCUT2D eigenvalue weighted by atomic mass is 10.3. The van der Waals surface area contributed by atoms with Gasteiger partial charge in [-0.15, -0.1) is 0 Å². The highest BCUT2D eigenvalue weighted by Gasteiger charge is 2.07. The number of urea groups is 1. The second kappa shape index (κ2) is 5.99. The monoisotopic (exact) mass is 237 g/mol. The van der Waals surface area contributed by atoms with Gasteiger partial charge in [-0.3, -0.25) is 0 Å². The van der Waals surface area contributed by atoms with Crippen LogP contribution < -0.4 is 5.32 Å². The van der Waals surface area contributed by atoms with Gasteiger partial charge in [0, 0.05) is 24.3 Å². The van der Waals surface area contributed by atoms with E-state index in [-0.39, 0.29) is 6.03 Å². The molecule has 0 spiro atoms. The van der Waals surface area contributed by atoms with Crippen molar-refractivity contribution in [1.29, 1.82) is 5.26 Å². The van der Waals surface area contributed by atoms with Crippen molar-refractivity contribution in [3.05, 3.63) is 29.3 Å². The summed E-state index contributed by atoms with van der Waals surface area (Å²) in [4.78, 5) is 13.0. The fraction of sp³-hybridized carbons (Fsp3) is 0.273. The van der Waals surface area contributed by atoms with Crippen LogP contribution in [0.4, 0.5) is 10.5 Å². The van der Waals surface area contributed by atoms with Crippen molar-refractivity contribution in [2.45, 2.75) is 6.42 Å². The molecule has 0 saturated heterocycles. The van der Waals surface area contributed by atoms with Gasteiger partial charge < -0.3 is 10.2 Å². The molecule has 0 heterocycles. The van der Waals surface area contributed by atoms with Gasteiger partial charge in [0.15, 0.2) is 0 Å². The van der Waals surface area contributed by atoms with Crippen LogP contribution in [0.25, 0.3) is 0 Å². The van der Waals surface area contributed by atoms with Crippen LogP contribution in [0.2, 0.25) is 5.02 Å². The summed E-state index contributed by atoms with van der Waals surface area (Å²) in [5.74, 6) is 0. The molecular formula is C11H12ClN3O.